The highest BCUT2D eigenvalue weighted by atomic mass is 32.1. The van der Waals surface area contributed by atoms with Crippen molar-refractivity contribution in [3.63, 3.8) is 0 Å². The van der Waals surface area contributed by atoms with Crippen molar-refractivity contribution in [2.75, 3.05) is 25.6 Å². The van der Waals surface area contributed by atoms with Gasteiger partial charge in [-0.3, -0.25) is 4.79 Å². The van der Waals surface area contributed by atoms with Crippen molar-refractivity contribution < 1.29 is 28.9 Å². The zero-order valence-corrected chi connectivity index (χ0v) is 15.5. The molecule has 0 spiro atoms. The van der Waals surface area contributed by atoms with Crippen molar-refractivity contribution in [1.82, 2.24) is 0 Å². The molecule has 0 atom stereocenters. The first-order valence-corrected chi connectivity index (χ1v) is 8.92. The molecule has 1 aromatic heterocycles. The fourth-order valence-electron chi connectivity index (χ4n) is 2.90. The molecule has 1 aliphatic heterocycles. The van der Waals surface area contributed by atoms with Crippen LogP contribution >= 0.6 is 11.3 Å². The van der Waals surface area contributed by atoms with E-state index in [0.717, 1.165) is 10.4 Å². The molecule has 0 saturated carbocycles. The lowest BCUT2D eigenvalue weighted by Crippen LogP contribution is -2.18. The third-order valence-corrected chi connectivity index (χ3v) is 5.16. The van der Waals surface area contributed by atoms with Gasteiger partial charge in [0.2, 0.25) is 5.75 Å². The van der Waals surface area contributed by atoms with Gasteiger partial charge in [-0.2, -0.15) is 0 Å². The standard InChI is InChI=1S/C18H19NO6S/c1-4-11-9(2)26-17(14(11)18(21)22)19-16(20)10-7-12(23-3)15-13(8-10)24-5-6-25-15/h7-8H,4-6H2,1-3H3,(H,19,20)(H,21,22). The number of hydrogen-bond acceptors (Lipinski definition) is 6. The lowest BCUT2D eigenvalue weighted by molar-refractivity contribution is 0.0697. The predicted molar refractivity (Wildman–Crippen MR) is 97.3 cm³/mol. The average molecular weight is 377 g/mol. The summed E-state index contributed by atoms with van der Waals surface area (Å²) in [5.41, 5.74) is 1.18. The molecule has 1 amide bonds. The summed E-state index contributed by atoms with van der Waals surface area (Å²) in [5, 5.41) is 12.5. The van der Waals surface area contributed by atoms with Crippen LogP contribution in [0.4, 0.5) is 5.00 Å². The lowest BCUT2D eigenvalue weighted by atomic mass is 10.1. The zero-order valence-electron chi connectivity index (χ0n) is 14.7. The second kappa shape index (κ2) is 7.25. The number of carboxylic acid groups (broad SMARTS) is 1. The van der Waals surface area contributed by atoms with Gasteiger partial charge in [0.1, 0.15) is 18.2 Å². The van der Waals surface area contributed by atoms with E-state index in [1.54, 1.807) is 12.1 Å². The summed E-state index contributed by atoms with van der Waals surface area (Å²) in [4.78, 5) is 25.2. The van der Waals surface area contributed by atoms with E-state index in [0.29, 0.717) is 47.4 Å². The van der Waals surface area contributed by atoms with E-state index in [1.165, 1.54) is 18.4 Å². The van der Waals surface area contributed by atoms with Gasteiger partial charge in [-0.1, -0.05) is 6.92 Å². The third-order valence-electron chi connectivity index (χ3n) is 4.09. The summed E-state index contributed by atoms with van der Waals surface area (Å²) in [7, 11) is 1.48. The number of carbonyl (C=O) groups excluding carboxylic acids is 1. The Hall–Kier alpha value is -2.74. The van der Waals surface area contributed by atoms with Crippen molar-refractivity contribution in [2.45, 2.75) is 20.3 Å². The number of hydrogen-bond donors (Lipinski definition) is 2. The van der Waals surface area contributed by atoms with Crippen molar-refractivity contribution in [2.24, 2.45) is 0 Å². The van der Waals surface area contributed by atoms with Crippen LogP contribution in [0.3, 0.4) is 0 Å². The monoisotopic (exact) mass is 377 g/mol. The van der Waals surface area contributed by atoms with E-state index >= 15 is 0 Å². The van der Waals surface area contributed by atoms with Gasteiger partial charge in [0, 0.05) is 10.4 Å². The van der Waals surface area contributed by atoms with Gasteiger partial charge in [-0.05, 0) is 31.0 Å². The fraction of sp³-hybridized carbons (Fsp3) is 0.333. The molecule has 0 aliphatic carbocycles. The number of carboxylic acids is 1. The van der Waals surface area contributed by atoms with Crippen molar-refractivity contribution in [3.05, 3.63) is 33.7 Å². The van der Waals surface area contributed by atoms with Crippen LogP contribution in [0, 0.1) is 6.92 Å². The Bertz CT molecular complexity index is 856. The zero-order chi connectivity index (χ0) is 18.8. The first-order chi connectivity index (χ1) is 12.5. The van der Waals surface area contributed by atoms with Gasteiger partial charge in [-0.25, -0.2) is 4.79 Å². The first kappa shape index (κ1) is 18.1. The molecule has 3 rings (SSSR count). The van der Waals surface area contributed by atoms with E-state index in [4.69, 9.17) is 14.2 Å². The van der Waals surface area contributed by atoms with Crippen molar-refractivity contribution in [3.8, 4) is 17.2 Å². The second-order valence-electron chi connectivity index (χ2n) is 5.66. The first-order valence-electron chi connectivity index (χ1n) is 8.10. The van der Waals surface area contributed by atoms with Crippen LogP contribution in [0.25, 0.3) is 0 Å². The molecule has 0 saturated heterocycles. The molecule has 2 aromatic rings. The van der Waals surface area contributed by atoms with Gasteiger partial charge in [-0.15, -0.1) is 11.3 Å². The maximum absolute atomic E-state index is 12.7. The minimum Gasteiger partial charge on any atom is -0.493 e. The fourth-order valence-corrected chi connectivity index (χ4v) is 4.03. The number of thiophene rings is 1. The molecule has 0 radical (unpaired) electrons. The minimum atomic E-state index is -1.05. The SMILES string of the molecule is CCc1c(C)sc(NC(=O)c2cc(OC)c3c(c2)OCCO3)c1C(=O)O. The Morgan fingerprint density at radius 1 is 1.31 bits per heavy atom. The summed E-state index contributed by atoms with van der Waals surface area (Å²) < 4.78 is 16.3. The second-order valence-corrected chi connectivity index (χ2v) is 6.88. The molecule has 8 heteroatoms. The number of methoxy groups -OCH3 is 1. The number of nitrogens with one attached hydrogen (secondary N) is 1. The largest absolute Gasteiger partial charge is 0.493 e. The highest BCUT2D eigenvalue weighted by Gasteiger charge is 2.24. The van der Waals surface area contributed by atoms with Crippen LogP contribution in [-0.2, 0) is 6.42 Å². The van der Waals surface area contributed by atoms with E-state index in [1.807, 2.05) is 13.8 Å². The molecule has 138 valence electrons. The number of benzene rings is 1. The third kappa shape index (κ3) is 3.20. The number of aromatic carboxylic acids is 1. The minimum absolute atomic E-state index is 0.146. The van der Waals surface area contributed by atoms with E-state index < -0.39 is 11.9 Å². The topological polar surface area (TPSA) is 94.1 Å². The molecule has 2 heterocycles. The molecule has 2 N–H and O–H groups in total. The maximum Gasteiger partial charge on any atom is 0.339 e. The van der Waals surface area contributed by atoms with Crippen molar-refractivity contribution >= 4 is 28.2 Å². The average Bonchev–Trinajstić information content (AvgIpc) is 2.95. The Morgan fingerprint density at radius 3 is 2.69 bits per heavy atom. The molecular formula is C18H19NO6S. The van der Waals surface area contributed by atoms with Crippen molar-refractivity contribution in [1.29, 1.82) is 0 Å². The van der Waals surface area contributed by atoms with Gasteiger partial charge in [0.15, 0.2) is 11.5 Å². The number of carbonyl (C=O) groups is 2. The Kier molecular flexibility index (Phi) is 5.03. The molecular weight excluding hydrogens is 358 g/mol. The van der Waals surface area contributed by atoms with Crippen LogP contribution in [0.5, 0.6) is 17.2 Å². The maximum atomic E-state index is 12.7. The highest BCUT2D eigenvalue weighted by molar-refractivity contribution is 7.16. The quantitative estimate of drug-likeness (QED) is 0.830. The van der Waals surface area contributed by atoms with Crippen LogP contribution in [0.1, 0.15) is 38.1 Å². The molecule has 1 aliphatic rings. The van der Waals surface area contributed by atoms with E-state index in [9.17, 15) is 14.7 Å². The molecule has 0 unspecified atom stereocenters. The lowest BCUT2D eigenvalue weighted by Gasteiger charge is -2.21. The molecule has 7 nitrogen and oxygen atoms in total. The number of fused-ring (bicyclic) bond motifs is 1. The number of rotatable bonds is 5. The van der Waals surface area contributed by atoms with Crippen LogP contribution in [0.2, 0.25) is 0 Å². The summed E-state index contributed by atoms with van der Waals surface area (Å²) in [6, 6.07) is 3.11. The van der Waals surface area contributed by atoms with Gasteiger partial charge in [0.25, 0.3) is 5.91 Å². The van der Waals surface area contributed by atoms with Gasteiger partial charge >= 0.3 is 5.97 Å². The van der Waals surface area contributed by atoms with E-state index in [-0.39, 0.29) is 5.56 Å². The van der Waals surface area contributed by atoms with Gasteiger partial charge < -0.3 is 24.6 Å². The Balaban J connectivity index is 1.95. The molecule has 0 bridgehead atoms. The smallest absolute Gasteiger partial charge is 0.339 e. The molecule has 0 fully saturated rings. The number of ether oxygens (including phenoxy) is 3. The highest BCUT2D eigenvalue weighted by Crippen LogP contribution is 2.41. The van der Waals surface area contributed by atoms with E-state index in [2.05, 4.69) is 5.32 Å². The number of amides is 1. The summed E-state index contributed by atoms with van der Waals surface area (Å²) in [6.07, 6.45) is 0.581. The van der Waals surface area contributed by atoms with Gasteiger partial charge in [0.05, 0.1) is 12.7 Å². The van der Waals surface area contributed by atoms with Crippen LogP contribution in [0.15, 0.2) is 12.1 Å². The Morgan fingerprint density at radius 2 is 2.04 bits per heavy atom. The summed E-state index contributed by atoms with van der Waals surface area (Å²) in [5.74, 6) is -0.215. The summed E-state index contributed by atoms with van der Waals surface area (Å²) >= 11 is 1.26. The number of anilines is 1. The summed E-state index contributed by atoms with van der Waals surface area (Å²) in [6.45, 7) is 4.52. The van der Waals surface area contributed by atoms with Crippen LogP contribution < -0.4 is 19.5 Å². The Labute approximate surface area is 154 Å². The molecule has 26 heavy (non-hydrogen) atoms. The number of aryl methyl sites for hydroxylation is 1. The molecule has 1 aromatic carbocycles. The van der Waals surface area contributed by atoms with Crippen LogP contribution in [-0.4, -0.2) is 37.3 Å². The normalized spacial score (nSPS) is 12.6. The predicted octanol–water partition coefficient (Wildman–Crippen LogP) is 3.35.